The summed E-state index contributed by atoms with van der Waals surface area (Å²) >= 11 is 1.16. The standard InChI is InChI=1S/C27H35N3O2S/c1-30(2)19-7-8-21-12-16-24(17-13-21)29-27(31)32-33-20-23-15-14-22(9-5-6-18-28)25-10-3-4-11-26(23)25/h3-4,10-17H,5-9,18-20,28H2,1-2H3,(H,29,31). The molecule has 0 spiro atoms. The maximum Gasteiger partial charge on any atom is 0.423 e. The fraction of sp³-hybridized carbons (Fsp3) is 0.370. The number of hydrogen-bond donors (Lipinski definition) is 2. The van der Waals surface area contributed by atoms with Gasteiger partial charge in [0.25, 0.3) is 0 Å². The molecule has 33 heavy (non-hydrogen) atoms. The van der Waals surface area contributed by atoms with E-state index in [9.17, 15) is 4.79 Å². The molecule has 0 radical (unpaired) electrons. The Morgan fingerprint density at radius 2 is 1.61 bits per heavy atom. The van der Waals surface area contributed by atoms with Crippen LogP contribution in [-0.4, -0.2) is 38.2 Å². The minimum absolute atomic E-state index is 0.455. The van der Waals surface area contributed by atoms with Crippen molar-refractivity contribution in [2.24, 2.45) is 5.73 Å². The summed E-state index contributed by atoms with van der Waals surface area (Å²) < 4.78 is 5.38. The number of nitrogens with two attached hydrogens (primary N) is 1. The molecule has 0 bridgehead atoms. The Morgan fingerprint density at radius 1 is 0.909 bits per heavy atom. The molecule has 0 aromatic heterocycles. The maximum absolute atomic E-state index is 12.2. The smallest absolute Gasteiger partial charge is 0.374 e. The van der Waals surface area contributed by atoms with Crippen LogP contribution in [0.15, 0.2) is 60.7 Å². The molecule has 3 N–H and O–H groups in total. The average molecular weight is 466 g/mol. The zero-order chi connectivity index (χ0) is 23.5. The van der Waals surface area contributed by atoms with E-state index in [1.54, 1.807) is 0 Å². The number of fused-ring (bicyclic) bond motifs is 1. The van der Waals surface area contributed by atoms with Crippen molar-refractivity contribution in [1.29, 1.82) is 0 Å². The lowest BCUT2D eigenvalue weighted by atomic mass is 9.97. The van der Waals surface area contributed by atoms with Crippen LogP contribution in [0.3, 0.4) is 0 Å². The highest BCUT2D eigenvalue weighted by Gasteiger charge is 2.09. The highest BCUT2D eigenvalue weighted by atomic mass is 32.2. The number of carbonyl (C=O) groups is 1. The molecule has 0 saturated heterocycles. The molecule has 0 atom stereocenters. The number of carbonyl (C=O) groups excluding carboxylic acids is 1. The van der Waals surface area contributed by atoms with Gasteiger partial charge in [0, 0.05) is 5.69 Å². The van der Waals surface area contributed by atoms with Crippen LogP contribution in [0.25, 0.3) is 10.8 Å². The molecule has 0 saturated carbocycles. The third-order valence-corrected chi connectivity index (χ3v) is 6.32. The highest BCUT2D eigenvalue weighted by Crippen LogP contribution is 2.27. The van der Waals surface area contributed by atoms with Crippen LogP contribution in [0.4, 0.5) is 10.5 Å². The van der Waals surface area contributed by atoms with Crippen molar-refractivity contribution in [1.82, 2.24) is 4.90 Å². The third kappa shape index (κ3) is 8.07. The topological polar surface area (TPSA) is 67.6 Å². The van der Waals surface area contributed by atoms with Gasteiger partial charge in [-0.05, 0) is 98.9 Å². The van der Waals surface area contributed by atoms with Gasteiger partial charge in [-0.15, -0.1) is 0 Å². The van der Waals surface area contributed by atoms with Crippen LogP contribution < -0.4 is 11.1 Å². The summed E-state index contributed by atoms with van der Waals surface area (Å²) in [5.74, 6) is 0.599. The Morgan fingerprint density at radius 3 is 2.30 bits per heavy atom. The maximum atomic E-state index is 12.2. The molecule has 0 aliphatic rings. The molecular weight excluding hydrogens is 430 g/mol. The lowest BCUT2D eigenvalue weighted by molar-refractivity contribution is 0.222. The van der Waals surface area contributed by atoms with E-state index in [0.717, 1.165) is 68.5 Å². The van der Waals surface area contributed by atoms with Crippen LogP contribution in [0.2, 0.25) is 0 Å². The van der Waals surface area contributed by atoms with E-state index >= 15 is 0 Å². The van der Waals surface area contributed by atoms with Crippen LogP contribution in [0.1, 0.15) is 36.0 Å². The summed E-state index contributed by atoms with van der Waals surface area (Å²) in [6.07, 6.45) is 4.84. The van der Waals surface area contributed by atoms with Gasteiger partial charge in [-0.2, -0.15) is 0 Å². The quantitative estimate of drug-likeness (QED) is 0.253. The molecule has 3 aromatic carbocycles. The second-order valence-electron chi connectivity index (χ2n) is 8.54. The first-order valence-electron chi connectivity index (χ1n) is 11.6. The minimum Gasteiger partial charge on any atom is -0.374 e. The molecule has 5 nitrogen and oxygen atoms in total. The van der Waals surface area contributed by atoms with E-state index in [1.807, 2.05) is 12.1 Å². The molecule has 0 aliphatic carbocycles. The summed E-state index contributed by atoms with van der Waals surface area (Å²) in [6, 6.07) is 20.7. The Hall–Kier alpha value is -2.54. The molecule has 0 heterocycles. The Kier molecular flexibility index (Phi) is 10.1. The van der Waals surface area contributed by atoms with Crippen LogP contribution in [0.5, 0.6) is 0 Å². The van der Waals surface area contributed by atoms with Crippen LogP contribution in [0, 0.1) is 0 Å². The van der Waals surface area contributed by atoms with Gasteiger partial charge in [0.1, 0.15) is 0 Å². The predicted molar refractivity (Wildman–Crippen MR) is 141 cm³/mol. The summed E-state index contributed by atoms with van der Waals surface area (Å²) in [5.41, 5.74) is 10.2. The van der Waals surface area contributed by atoms with Gasteiger partial charge in [0.2, 0.25) is 0 Å². The average Bonchev–Trinajstić information content (AvgIpc) is 2.81. The van der Waals surface area contributed by atoms with Gasteiger partial charge >= 0.3 is 6.09 Å². The first-order valence-corrected chi connectivity index (χ1v) is 12.5. The van der Waals surface area contributed by atoms with E-state index in [2.05, 4.69) is 72.8 Å². The molecule has 3 aromatic rings. The van der Waals surface area contributed by atoms with Crippen molar-refractivity contribution in [3.63, 3.8) is 0 Å². The van der Waals surface area contributed by atoms with E-state index in [-0.39, 0.29) is 0 Å². The van der Waals surface area contributed by atoms with Crippen molar-refractivity contribution < 1.29 is 8.98 Å². The first-order chi connectivity index (χ1) is 16.1. The van der Waals surface area contributed by atoms with Crippen LogP contribution >= 0.6 is 12.0 Å². The van der Waals surface area contributed by atoms with Gasteiger partial charge in [-0.25, -0.2) is 4.79 Å². The molecule has 6 heteroatoms. The molecule has 0 unspecified atom stereocenters. The normalized spacial score (nSPS) is 11.2. The first kappa shape index (κ1) is 25.1. The zero-order valence-electron chi connectivity index (χ0n) is 19.7. The van der Waals surface area contributed by atoms with Crippen molar-refractivity contribution in [2.75, 3.05) is 32.5 Å². The van der Waals surface area contributed by atoms with Crippen molar-refractivity contribution in [2.45, 2.75) is 37.9 Å². The summed E-state index contributed by atoms with van der Waals surface area (Å²) in [6.45, 7) is 1.79. The van der Waals surface area contributed by atoms with Crippen molar-refractivity contribution in [3.05, 3.63) is 77.4 Å². The number of unbranched alkanes of at least 4 members (excludes halogenated alkanes) is 1. The van der Waals surface area contributed by atoms with Gasteiger partial charge in [0.15, 0.2) is 0 Å². The largest absolute Gasteiger partial charge is 0.423 e. The number of nitrogens with one attached hydrogen (secondary N) is 1. The number of aryl methyl sites for hydroxylation is 2. The number of benzene rings is 3. The van der Waals surface area contributed by atoms with E-state index in [4.69, 9.17) is 9.92 Å². The lowest BCUT2D eigenvalue weighted by Gasteiger charge is -2.11. The number of anilines is 1. The number of amides is 1. The highest BCUT2D eigenvalue weighted by molar-refractivity contribution is 7.94. The minimum atomic E-state index is -0.455. The second-order valence-corrected chi connectivity index (χ2v) is 9.23. The van der Waals surface area contributed by atoms with Gasteiger partial charge in [0.05, 0.1) is 17.8 Å². The number of hydrogen-bond acceptors (Lipinski definition) is 5. The van der Waals surface area contributed by atoms with E-state index in [0.29, 0.717) is 5.75 Å². The molecule has 0 aliphatic heterocycles. The fourth-order valence-corrected chi connectivity index (χ4v) is 4.45. The number of nitrogens with zero attached hydrogens (tertiary/aromatic N) is 1. The number of rotatable bonds is 12. The van der Waals surface area contributed by atoms with Gasteiger partial charge in [-0.3, -0.25) is 5.32 Å². The van der Waals surface area contributed by atoms with Gasteiger partial charge in [-0.1, -0.05) is 48.5 Å². The van der Waals surface area contributed by atoms with Crippen molar-refractivity contribution in [3.8, 4) is 0 Å². The van der Waals surface area contributed by atoms with Gasteiger partial charge < -0.3 is 14.8 Å². The lowest BCUT2D eigenvalue weighted by Crippen LogP contribution is -2.13. The zero-order valence-corrected chi connectivity index (χ0v) is 20.5. The molecule has 0 fully saturated rings. The molecule has 3 rings (SSSR count). The molecular formula is C27H35N3O2S. The fourth-order valence-electron chi connectivity index (χ4n) is 3.87. The summed E-state index contributed by atoms with van der Waals surface area (Å²) in [7, 11) is 4.16. The SMILES string of the molecule is CN(C)CCCc1ccc(NC(=O)OSCc2ccc(CCCCN)c3ccccc23)cc1. The van der Waals surface area contributed by atoms with E-state index in [1.165, 1.54) is 21.9 Å². The Balaban J connectivity index is 1.50. The summed E-state index contributed by atoms with van der Waals surface area (Å²) in [5, 5.41) is 5.28. The molecule has 1 amide bonds. The van der Waals surface area contributed by atoms with E-state index < -0.39 is 6.09 Å². The monoisotopic (exact) mass is 465 g/mol. The third-order valence-electron chi connectivity index (χ3n) is 5.63. The Labute approximate surface area is 201 Å². The predicted octanol–water partition coefficient (Wildman–Crippen LogP) is 6.01. The van der Waals surface area contributed by atoms with Crippen molar-refractivity contribution >= 4 is 34.6 Å². The van der Waals surface area contributed by atoms with Crippen LogP contribution in [-0.2, 0) is 22.8 Å². The Bertz CT molecular complexity index is 1020. The molecule has 176 valence electrons. The second kappa shape index (κ2) is 13.2. The summed E-state index contributed by atoms with van der Waals surface area (Å²) in [4.78, 5) is 14.4.